The van der Waals surface area contributed by atoms with Crippen molar-refractivity contribution in [2.24, 2.45) is 0 Å². The Morgan fingerprint density at radius 3 is 2.70 bits per heavy atom. The molecule has 3 aromatic rings. The number of fused-ring (bicyclic) bond motifs is 1. The first-order valence-corrected chi connectivity index (χ1v) is 6.65. The van der Waals surface area contributed by atoms with Gasteiger partial charge in [0.1, 0.15) is 5.76 Å². The molecule has 0 radical (unpaired) electrons. The van der Waals surface area contributed by atoms with Gasteiger partial charge < -0.3 is 9.73 Å². The van der Waals surface area contributed by atoms with Crippen molar-refractivity contribution >= 4 is 32.4 Å². The van der Waals surface area contributed by atoms with Crippen LogP contribution in [0.2, 0.25) is 0 Å². The minimum atomic E-state index is -0.346. The number of aromatic amines is 2. The molecule has 1 aromatic carbocycles. The molecule has 0 aliphatic carbocycles. The van der Waals surface area contributed by atoms with E-state index in [4.69, 9.17) is 4.42 Å². The van der Waals surface area contributed by atoms with E-state index < -0.39 is 0 Å². The van der Waals surface area contributed by atoms with Gasteiger partial charge in [-0.3, -0.25) is 19.8 Å². The smallest absolute Gasteiger partial charge is 0.272 e. The maximum atomic E-state index is 11.9. The minimum absolute atomic E-state index is 0.331. The molecule has 2 heterocycles. The highest BCUT2D eigenvalue weighted by molar-refractivity contribution is 9.10. The monoisotopic (exact) mass is 335 g/mol. The van der Waals surface area contributed by atoms with Crippen LogP contribution in [0.4, 0.5) is 5.69 Å². The quantitative estimate of drug-likeness (QED) is 0.684. The summed E-state index contributed by atoms with van der Waals surface area (Å²) in [6.45, 7) is 0.402. The summed E-state index contributed by atoms with van der Waals surface area (Å²) in [5.74, 6) is 0.711. The Kier molecular flexibility index (Phi) is 3.19. The number of hydrogen-bond donors (Lipinski definition) is 3. The Hall–Kier alpha value is -2.28. The lowest BCUT2D eigenvalue weighted by Crippen LogP contribution is -2.20. The Balaban J connectivity index is 2.04. The van der Waals surface area contributed by atoms with Gasteiger partial charge in [-0.1, -0.05) is 6.07 Å². The molecule has 0 aliphatic heterocycles. The SMILES string of the molecule is O=c1[nH][nH]c(=O)c2c(NCc3occc3Br)cccc12. The van der Waals surface area contributed by atoms with Gasteiger partial charge in [0.25, 0.3) is 11.1 Å². The molecule has 0 saturated heterocycles. The van der Waals surface area contributed by atoms with E-state index in [1.807, 2.05) is 0 Å². The van der Waals surface area contributed by atoms with Crippen molar-refractivity contribution in [3.05, 3.63) is 61.5 Å². The number of benzene rings is 1. The van der Waals surface area contributed by atoms with Crippen LogP contribution in [0.25, 0.3) is 10.8 Å². The highest BCUT2D eigenvalue weighted by atomic mass is 79.9. The van der Waals surface area contributed by atoms with Crippen LogP contribution < -0.4 is 16.4 Å². The summed E-state index contributed by atoms with van der Waals surface area (Å²) >= 11 is 3.36. The first-order valence-electron chi connectivity index (χ1n) is 5.86. The molecular formula is C13H10BrN3O3. The molecule has 6 nitrogen and oxygen atoms in total. The van der Waals surface area contributed by atoms with E-state index in [0.29, 0.717) is 28.8 Å². The van der Waals surface area contributed by atoms with Crippen LogP contribution in [-0.2, 0) is 6.54 Å². The zero-order valence-electron chi connectivity index (χ0n) is 10.2. The van der Waals surface area contributed by atoms with Gasteiger partial charge in [-0.15, -0.1) is 0 Å². The van der Waals surface area contributed by atoms with Gasteiger partial charge in [0.15, 0.2) is 0 Å². The summed E-state index contributed by atoms with van der Waals surface area (Å²) in [6.07, 6.45) is 1.57. The third-order valence-electron chi connectivity index (χ3n) is 2.96. The van der Waals surface area contributed by atoms with E-state index in [9.17, 15) is 9.59 Å². The van der Waals surface area contributed by atoms with E-state index in [2.05, 4.69) is 31.4 Å². The first-order chi connectivity index (χ1) is 9.66. The fraction of sp³-hybridized carbons (Fsp3) is 0.0769. The van der Waals surface area contributed by atoms with Crippen molar-refractivity contribution in [1.82, 2.24) is 10.2 Å². The fourth-order valence-corrected chi connectivity index (χ4v) is 2.35. The van der Waals surface area contributed by atoms with Crippen molar-refractivity contribution in [3.8, 4) is 0 Å². The van der Waals surface area contributed by atoms with Crippen molar-refractivity contribution < 1.29 is 4.42 Å². The molecule has 0 bridgehead atoms. The molecule has 7 heteroatoms. The summed E-state index contributed by atoms with van der Waals surface area (Å²) in [5.41, 5.74) is -0.0956. The third-order valence-corrected chi connectivity index (χ3v) is 3.66. The number of halogens is 1. The Labute approximate surface area is 120 Å². The molecule has 0 amide bonds. The Bertz CT molecular complexity index is 878. The van der Waals surface area contributed by atoms with E-state index in [-0.39, 0.29) is 11.1 Å². The van der Waals surface area contributed by atoms with Gasteiger partial charge in [0.2, 0.25) is 0 Å². The second kappa shape index (κ2) is 5.01. The van der Waals surface area contributed by atoms with Crippen molar-refractivity contribution in [1.29, 1.82) is 0 Å². The van der Waals surface area contributed by atoms with E-state index in [1.54, 1.807) is 30.5 Å². The molecule has 0 atom stereocenters. The van der Waals surface area contributed by atoms with Gasteiger partial charge in [0.05, 0.1) is 28.1 Å². The highest BCUT2D eigenvalue weighted by Gasteiger charge is 2.09. The lowest BCUT2D eigenvalue weighted by molar-refractivity contribution is 0.516. The molecule has 0 spiro atoms. The van der Waals surface area contributed by atoms with Crippen LogP contribution in [0.15, 0.2) is 49.0 Å². The first kappa shape index (κ1) is 12.7. The number of hydrogen-bond acceptors (Lipinski definition) is 4. The molecule has 0 unspecified atom stereocenters. The van der Waals surface area contributed by atoms with Crippen molar-refractivity contribution in [2.45, 2.75) is 6.54 Å². The maximum absolute atomic E-state index is 11.9. The number of furan rings is 1. The number of aromatic nitrogens is 2. The Morgan fingerprint density at radius 1 is 1.15 bits per heavy atom. The average Bonchev–Trinajstić information content (AvgIpc) is 2.86. The van der Waals surface area contributed by atoms with Crippen LogP contribution >= 0.6 is 15.9 Å². The molecular weight excluding hydrogens is 326 g/mol. The lowest BCUT2D eigenvalue weighted by Gasteiger charge is -2.07. The summed E-state index contributed by atoms with van der Waals surface area (Å²) in [7, 11) is 0. The van der Waals surface area contributed by atoms with Crippen LogP contribution in [0.1, 0.15) is 5.76 Å². The van der Waals surface area contributed by atoms with Crippen molar-refractivity contribution in [2.75, 3.05) is 5.32 Å². The van der Waals surface area contributed by atoms with Gasteiger partial charge in [0, 0.05) is 5.69 Å². The maximum Gasteiger partial charge on any atom is 0.272 e. The van der Waals surface area contributed by atoms with E-state index in [0.717, 1.165) is 4.47 Å². The molecule has 0 saturated carbocycles. The fourth-order valence-electron chi connectivity index (χ4n) is 2.00. The van der Waals surface area contributed by atoms with Crippen LogP contribution in [0, 0.1) is 0 Å². The second-order valence-corrected chi connectivity index (χ2v) is 5.04. The van der Waals surface area contributed by atoms with Crippen LogP contribution in [-0.4, -0.2) is 10.2 Å². The lowest BCUT2D eigenvalue weighted by atomic mass is 10.1. The number of nitrogens with one attached hydrogen (secondary N) is 3. The third kappa shape index (κ3) is 2.16. The van der Waals surface area contributed by atoms with E-state index >= 15 is 0 Å². The van der Waals surface area contributed by atoms with Crippen molar-refractivity contribution in [3.63, 3.8) is 0 Å². The van der Waals surface area contributed by atoms with Gasteiger partial charge in [-0.2, -0.15) is 0 Å². The normalized spacial score (nSPS) is 10.8. The predicted molar refractivity (Wildman–Crippen MR) is 78.9 cm³/mol. The molecule has 3 N–H and O–H groups in total. The minimum Gasteiger partial charge on any atom is -0.466 e. The summed E-state index contributed by atoms with van der Waals surface area (Å²) in [4.78, 5) is 23.6. The standard InChI is InChI=1S/C13H10BrN3O3/c14-8-4-5-20-10(8)6-15-9-3-1-2-7-11(9)13(19)17-16-12(7)18/h1-5,15H,6H2,(H,16,18)(H,17,19). The van der Waals surface area contributed by atoms with Gasteiger partial charge >= 0.3 is 0 Å². The topological polar surface area (TPSA) is 90.9 Å². The Morgan fingerprint density at radius 2 is 1.95 bits per heavy atom. The molecule has 102 valence electrons. The molecule has 3 rings (SSSR count). The number of anilines is 1. The predicted octanol–water partition coefficient (Wildman–Crippen LogP) is 2.18. The van der Waals surface area contributed by atoms with Crippen LogP contribution in [0.3, 0.4) is 0 Å². The zero-order chi connectivity index (χ0) is 14.1. The van der Waals surface area contributed by atoms with Crippen LogP contribution in [0.5, 0.6) is 0 Å². The summed E-state index contributed by atoms with van der Waals surface area (Å²) in [6, 6.07) is 6.86. The highest BCUT2D eigenvalue weighted by Crippen LogP contribution is 2.21. The van der Waals surface area contributed by atoms with Gasteiger partial charge in [-0.25, -0.2) is 0 Å². The van der Waals surface area contributed by atoms with Gasteiger partial charge in [-0.05, 0) is 34.1 Å². The van der Waals surface area contributed by atoms with E-state index in [1.165, 1.54) is 0 Å². The summed E-state index contributed by atoms with van der Waals surface area (Å²) in [5, 5.41) is 8.40. The largest absolute Gasteiger partial charge is 0.466 e. The number of H-pyrrole nitrogens is 2. The molecule has 0 fully saturated rings. The molecule has 2 aromatic heterocycles. The molecule has 0 aliphatic rings. The second-order valence-electron chi connectivity index (χ2n) is 4.18. The zero-order valence-corrected chi connectivity index (χ0v) is 11.8. The summed E-state index contributed by atoms with van der Waals surface area (Å²) < 4.78 is 6.13. The average molecular weight is 336 g/mol. The molecule has 20 heavy (non-hydrogen) atoms. The number of rotatable bonds is 3.